The second-order valence-corrected chi connectivity index (χ2v) is 4.56. The molecule has 2 unspecified atom stereocenters. The molecule has 0 spiro atoms. The number of hydrogen-bond donors (Lipinski definition) is 1. The van der Waals surface area contributed by atoms with Crippen molar-refractivity contribution in [2.45, 2.75) is 18.4 Å². The van der Waals surface area contributed by atoms with Crippen molar-refractivity contribution in [1.82, 2.24) is 0 Å². The Hall–Kier alpha value is -1.67. The number of hydrogen-bond acceptors (Lipinski definition) is 1. The first-order chi connectivity index (χ1) is 8.27. The van der Waals surface area contributed by atoms with E-state index in [1.165, 1.54) is 17.2 Å². The van der Waals surface area contributed by atoms with Crippen LogP contribution in [0.2, 0.25) is 0 Å². The van der Waals surface area contributed by atoms with Gasteiger partial charge in [0.05, 0.1) is 0 Å². The summed E-state index contributed by atoms with van der Waals surface area (Å²) in [5.41, 5.74) is 9.40. The molecular weight excluding hydrogens is 213 g/mol. The molecule has 1 aliphatic carbocycles. The van der Waals surface area contributed by atoms with E-state index in [0.29, 0.717) is 5.56 Å². The lowest BCUT2D eigenvalue weighted by Gasteiger charge is -2.35. The molecule has 2 atom stereocenters. The van der Waals surface area contributed by atoms with Crippen LogP contribution in [-0.2, 0) is 6.42 Å². The van der Waals surface area contributed by atoms with Crippen molar-refractivity contribution < 1.29 is 4.39 Å². The quantitative estimate of drug-likeness (QED) is 0.837. The van der Waals surface area contributed by atoms with Crippen molar-refractivity contribution >= 4 is 0 Å². The highest BCUT2D eigenvalue weighted by molar-refractivity contribution is 5.43. The maximum Gasteiger partial charge on any atom is 0.127 e. The third-order valence-electron chi connectivity index (χ3n) is 3.59. The van der Waals surface area contributed by atoms with Crippen molar-refractivity contribution in [1.29, 1.82) is 0 Å². The Kier molecular flexibility index (Phi) is 2.45. The minimum atomic E-state index is -0.244. The molecule has 2 heteroatoms. The molecule has 0 aliphatic heterocycles. The molecule has 0 amide bonds. The summed E-state index contributed by atoms with van der Waals surface area (Å²) in [5.74, 6) is 0.0486. The summed E-state index contributed by atoms with van der Waals surface area (Å²) >= 11 is 0. The normalized spacial score (nSPS) is 19.3. The summed E-state index contributed by atoms with van der Waals surface area (Å²) in [6.45, 7) is 0. The Morgan fingerprint density at radius 2 is 1.76 bits per heavy atom. The van der Waals surface area contributed by atoms with Crippen molar-refractivity contribution in [3.05, 3.63) is 71.0 Å². The lowest BCUT2D eigenvalue weighted by atomic mass is 9.72. The third-order valence-corrected chi connectivity index (χ3v) is 3.59. The molecule has 0 saturated carbocycles. The van der Waals surface area contributed by atoms with Gasteiger partial charge in [-0.2, -0.15) is 0 Å². The van der Waals surface area contributed by atoms with Crippen LogP contribution in [-0.4, -0.2) is 0 Å². The highest BCUT2D eigenvalue weighted by atomic mass is 19.1. The number of halogens is 1. The Morgan fingerprint density at radius 1 is 1.06 bits per heavy atom. The molecule has 86 valence electrons. The van der Waals surface area contributed by atoms with Crippen LogP contribution in [0.15, 0.2) is 48.5 Å². The molecule has 2 aromatic carbocycles. The smallest absolute Gasteiger partial charge is 0.127 e. The summed E-state index contributed by atoms with van der Waals surface area (Å²) < 4.78 is 13.7. The minimum Gasteiger partial charge on any atom is -0.323 e. The first kappa shape index (κ1) is 10.5. The molecule has 0 heterocycles. The van der Waals surface area contributed by atoms with Crippen molar-refractivity contribution in [3.8, 4) is 0 Å². The fraction of sp³-hybridized carbons (Fsp3) is 0.200. The number of benzene rings is 2. The van der Waals surface area contributed by atoms with Crippen LogP contribution in [0.3, 0.4) is 0 Å². The summed E-state index contributed by atoms with van der Waals surface area (Å²) in [6.07, 6.45) is 0.950. The van der Waals surface area contributed by atoms with Crippen molar-refractivity contribution in [2.75, 3.05) is 0 Å². The Labute approximate surface area is 100 Å². The average molecular weight is 227 g/mol. The lowest BCUT2D eigenvalue weighted by Crippen LogP contribution is -2.29. The molecular formula is C15H14FN. The van der Waals surface area contributed by atoms with Gasteiger partial charge in [-0.05, 0) is 23.6 Å². The Morgan fingerprint density at radius 3 is 2.53 bits per heavy atom. The zero-order chi connectivity index (χ0) is 11.8. The molecule has 0 saturated heterocycles. The van der Waals surface area contributed by atoms with E-state index < -0.39 is 0 Å². The Balaban J connectivity index is 1.91. The van der Waals surface area contributed by atoms with Gasteiger partial charge < -0.3 is 5.73 Å². The molecule has 3 rings (SSSR count). The predicted molar refractivity (Wildman–Crippen MR) is 66.2 cm³/mol. The van der Waals surface area contributed by atoms with Gasteiger partial charge in [0.1, 0.15) is 5.82 Å². The molecule has 1 nitrogen and oxygen atoms in total. The van der Waals surface area contributed by atoms with E-state index in [2.05, 4.69) is 12.1 Å². The first-order valence-corrected chi connectivity index (χ1v) is 5.85. The van der Waals surface area contributed by atoms with Gasteiger partial charge in [0.15, 0.2) is 0 Å². The SMILES string of the molecule is NC(c1ccccc1F)C1Cc2ccccc21. The maximum atomic E-state index is 13.7. The fourth-order valence-corrected chi connectivity index (χ4v) is 2.58. The van der Waals surface area contributed by atoms with E-state index >= 15 is 0 Å². The standard InChI is InChI=1S/C15H14FN/c16-14-8-4-3-7-12(14)15(17)13-9-10-5-1-2-6-11(10)13/h1-8,13,15H,9,17H2. The molecule has 0 radical (unpaired) electrons. The third kappa shape index (κ3) is 1.65. The monoisotopic (exact) mass is 227 g/mol. The second kappa shape index (κ2) is 3.97. The summed E-state index contributed by atoms with van der Waals surface area (Å²) in [4.78, 5) is 0. The van der Waals surface area contributed by atoms with E-state index in [0.717, 1.165) is 6.42 Å². The van der Waals surface area contributed by atoms with Crippen LogP contribution >= 0.6 is 0 Å². The topological polar surface area (TPSA) is 26.0 Å². The molecule has 17 heavy (non-hydrogen) atoms. The highest BCUT2D eigenvalue weighted by Crippen LogP contribution is 2.42. The van der Waals surface area contributed by atoms with Gasteiger partial charge in [0.2, 0.25) is 0 Å². The van der Waals surface area contributed by atoms with Gasteiger partial charge >= 0.3 is 0 Å². The maximum absolute atomic E-state index is 13.7. The van der Waals surface area contributed by atoms with Crippen LogP contribution in [0, 0.1) is 5.82 Å². The average Bonchev–Trinajstić information content (AvgIpc) is 2.31. The molecule has 2 aromatic rings. The van der Waals surface area contributed by atoms with Crippen LogP contribution in [0.1, 0.15) is 28.7 Å². The second-order valence-electron chi connectivity index (χ2n) is 4.56. The molecule has 0 fully saturated rings. The minimum absolute atomic E-state index is 0.204. The van der Waals surface area contributed by atoms with E-state index in [1.54, 1.807) is 12.1 Å². The zero-order valence-electron chi connectivity index (χ0n) is 9.44. The van der Waals surface area contributed by atoms with Gasteiger partial charge in [-0.15, -0.1) is 0 Å². The van der Waals surface area contributed by atoms with Gasteiger partial charge in [0, 0.05) is 17.5 Å². The van der Waals surface area contributed by atoms with Gasteiger partial charge in [0.25, 0.3) is 0 Å². The van der Waals surface area contributed by atoms with E-state index in [4.69, 9.17) is 5.73 Å². The van der Waals surface area contributed by atoms with Crippen LogP contribution in [0.4, 0.5) is 4.39 Å². The van der Waals surface area contributed by atoms with Gasteiger partial charge in [-0.25, -0.2) is 4.39 Å². The van der Waals surface area contributed by atoms with Gasteiger partial charge in [-0.1, -0.05) is 42.5 Å². The van der Waals surface area contributed by atoms with Crippen molar-refractivity contribution in [3.63, 3.8) is 0 Å². The number of fused-ring (bicyclic) bond motifs is 1. The van der Waals surface area contributed by atoms with Crippen LogP contribution < -0.4 is 5.73 Å². The summed E-state index contributed by atoms with van der Waals surface area (Å²) in [5, 5.41) is 0. The van der Waals surface area contributed by atoms with E-state index in [1.807, 2.05) is 18.2 Å². The van der Waals surface area contributed by atoms with Gasteiger partial charge in [-0.3, -0.25) is 0 Å². The largest absolute Gasteiger partial charge is 0.323 e. The lowest BCUT2D eigenvalue weighted by molar-refractivity contribution is 0.477. The molecule has 1 aliphatic rings. The van der Waals surface area contributed by atoms with Crippen LogP contribution in [0.25, 0.3) is 0 Å². The van der Waals surface area contributed by atoms with Crippen LogP contribution in [0.5, 0.6) is 0 Å². The fourth-order valence-electron chi connectivity index (χ4n) is 2.58. The number of rotatable bonds is 2. The first-order valence-electron chi connectivity index (χ1n) is 5.85. The molecule has 0 aromatic heterocycles. The predicted octanol–water partition coefficient (Wildman–Crippen LogP) is 3.17. The Bertz CT molecular complexity index is 550. The van der Waals surface area contributed by atoms with E-state index in [-0.39, 0.29) is 17.8 Å². The van der Waals surface area contributed by atoms with Crippen molar-refractivity contribution in [2.24, 2.45) is 5.73 Å². The summed E-state index contributed by atoms with van der Waals surface area (Å²) in [7, 11) is 0. The number of nitrogens with two attached hydrogens (primary N) is 1. The zero-order valence-corrected chi connectivity index (χ0v) is 9.44. The molecule has 2 N–H and O–H groups in total. The highest BCUT2D eigenvalue weighted by Gasteiger charge is 2.32. The summed E-state index contributed by atoms with van der Waals surface area (Å²) in [6, 6.07) is 14.8. The van der Waals surface area contributed by atoms with E-state index in [9.17, 15) is 4.39 Å². The molecule has 0 bridgehead atoms.